The van der Waals surface area contributed by atoms with Crippen molar-refractivity contribution in [3.8, 4) is 0 Å². The minimum Gasteiger partial charge on any atom is -0.339 e. The number of hydrogen-bond acceptors (Lipinski definition) is 3. The van der Waals surface area contributed by atoms with Gasteiger partial charge in [0.05, 0.1) is 6.20 Å². The summed E-state index contributed by atoms with van der Waals surface area (Å²) in [5.74, 6) is -0.0940. The van der Waals surface area contributed by atoms with Gasteiger partial charge in [-0.25, -0.2) is 14.4 Å². The number of nitrogens with zero attached hydrogens (tertiary/aromatic N) is 3. The number of aromatic nitrogens is 3. The number of piperidine rings is 1. The number of amides is 1. The van der Waals surface area contributed by atoms with Gasteiger partial charge in [0.25, 0.3) is 5.91 Å². The number of nitrogens with one attached hydrogen (secondary N) is 1. The van der Waals surface area contributed by atoms with Crippen molar-refractivity contribution in [2.75, 3.05) is 13.1 Å². The molecule has 3 aromatic rings. The van der Waals surface area contributed by atoms with E-state index < -0.39 is 26.8 Å². The zero-order chi connectivity index (χ0) is 25.1. The number of hydrogen-bond donors (Lipinski definition) is 1. The number of H-pyrrole nitrogens is 1. The Morgan fingerprint density at radius 3 is 2.17 bits per heavy atom. The summed E-state index contributed by atoms with van der Waals surface area (Å²) in [7, 11) is -9.80. The van der Waals surface area contributed by atoms with Crippen LogP contribution in [-0.4, -0.2) is 38.8 Å². The van der Waals surface area contributed by atoms with Gasteiger partial charge in [0.2, 0.25) is 0 Å². The molecule has 1 saturated heterocycles. The highest BCUT2D eigenvalue weighted by molar-refractivity contribution is 8.45. The molecule has 190 valence electrons. The van der Waals surface area contributed by atoms with E-state index in [0.29, 0.717) is 35.5 Å². The van der Waals surface area contributed by atoms with Crippen LogP contribution >= 0.6 is 10.2 Å². The monoisotopic (exact) mass is 518 g/mol. The van der Waals surface area contributed by atoms with Crippen LogP contribution in [0.1, 0.15) is 72.1 Å². The van der Waals surface area contributed by atoms with E-state index in [-0.39, 0.29) is 36.7 Å². The molecule has 1 aliphatic heterocycles. The molecule has 0 unspecified atom stereocenters. The van der Waals surface area contributed by atoms with E-state index in [1.807, 2.05) is 0 Å². The first-order valence-corrected chi connectivity index (χ1v) is 13.4. The SMILES string of the molecule is O=C(c1ccc(S(F)(F)(F)(F)F)cc1)N1CCC(c2c(F)cnc3[nH]c(C4CCCC4)nc23)CC1. The first-order chi connectivity index (χ1) is 16.3. The van der Waals surface area contributed by atoms with Gasteiger partial charge in [-0.3, -0.25) is 4.79 Å². The molecule has 5 rings (SSSR count). The van der Waals surface area contributed by atoms with E-state index in [1.165, 1.54) is 11.1 Å². The fourth-order valence-corrected chi connectivity index (χ4v) is 5.81. The third-order valence-corrected chi connectivity index (χ3v) is 8.16. The second-order valence-corrected chi connectivity index (χ2v) is 11.8. The van der Waals surface area contributed by atoms with Gasteiger partial charge in [-0.2, -0.15) is 0 Å². The Balaban J connectivity index is 1.32. The smallest absolute Gasteiger partial charge is 0.310 e. The Bertz CT molecular complexity index is 1280. The normalized spacial score (nSPS) is 20.2. The predicted octanol–water partition coefficient (Wildman–Crippen LogP) is 7.43. The zero-order valence-corrected chi connectivity index (χ0v) is 19.4. The van der Waals surface area contributed by atoms with Crippen LogP contribution in [0.15, 0.2) is 35.4 Å². The van der Waals surface area contributed by atoms with Gasteiger partial charge in [0, 0.05) is 30.1 Å². The second kappa shape index (κ2) is 7.62. The van der Waals surface area contributed by atoms with E-state index >= 15 is 0 Å². The van der Waals surface area contributed by atoms with Gasteiger partial charge >= 0.3 is 10.2 Å². The van der Waals surface area contributed by atoms with Crippen LogP contribution in [0, 0.1) is 5.82 Å². The van der Waals surface area contributed by atoms with Crippen LogP contribution in [0.25, 0.3) is 11.2 Å². The fraction of sp³-hybridized carbons (Fsp3) is 0.435. The molecule has 0 radical (unpaired) electrons. The van der Waals surface area contributed by atoms with Crippen molar-refractivity contribution in [2.24, 2.45) is 0 Å². The van der Waals surface area contributed by atoms with E-state index in [9.17, 15) is 28.6 Å². The highest BCUT2D eigenvalue weighted by Gasteiger charge is 2.65. The quantitative estimate of drug-likeness (QED) is 0.365. The van der Waals surface area contributed by atoms with Crippen molar-refractivity contribution < 1.29 is 28.6 Å². The molecule has 35 heavy (non-hydrogen) atoms. The first-order valence-electron chi connectivity index (χ1n) is 11.5. The molecule has 0 bridgehead atoms. The average Bonchev–Trinajstić information content (AvgIpc) is 3.47. The van der Waals surface area contributed by atoms with Crippen LogP contribution in [0.5, 0.6) is 0 Å². The van der Waals surface area contributed by atoms with E-state index in [4.69, 9.17) is 0 Å². The Morgan fingerprint density at radius 1 is 0.943 bits per heavy atom. The van der Waals surface area contributed by atoms with E-state index in [0.717, 1.165) is 43.6 Å². The van der Waals surface area contributed by atoms with Crippen molar-refractivity contribution in [2.45, 2.75) is 55.3 Å². The topological polar surface area (TPSA) is 61.9 Å². The number of carbonyl (C=O) groups excluding carboxylic acids is 1. The molecule has 0 spiro atoms. The zero-order valence-electron chi connectivity index (χ0n) is 18.6. The third kappa shape index (κ3) is 4.72. The molecule has 2 fully saturated rings. The third-order valence-electron chi connectivity index (χ3n) is 7.00. The minimum absolute atomic E-state index is 0.111. The molecule has 2 aromatic heterocycles. The maximum Gasteiger partial charge on any atom is 0.310 e. The number of aromatic amines is 1. The number of benzene rings is 1. The molecule has 12 heteroatoms. The Hall–Kier alpha value is -2.76. The molecule has 1 aliphatic carbocycles. The summed E-state index contributed by atoms with van der Waals surface area (Å²) in [6, 6.07) is 2.01. The van der Waals surface area contributed by atoms with Gasteiger partial charge < -0.3 is 9.88 Å². The molecule has 5 nitrogen and oxygen atoms in total. The van der Waals surface area contributed by atoms with Crippen molar-refractivity contribution in [3.63, 3.8) is 0 Å². The predicted molar refractivity (Wildman–Crippen MR) is 121 cm³/mol. The Morgan fingerprint density at radius 2 is 1.57 bits per heavy atom. The lowest BCUT2D eigenvalue weighted by molar-refractivity contribution is 0.0712. The van der Waals surface area contributed by atoms with Crippen molar-refractivity contribution in [3.05, 3.63) is 53.2 Å². The highest BCUT2D eigenvalue weighted by Crippen LogP contribution is 3.02. The molecule has 1 aromatic carbocycles. The summed E-state index contributed by atoms with van der Waals surface area (Å²) in [4.78, 5) is 24.2. The van der Waals surface area contributed by atoms with Crippen LogP contribution in [0.4, 0.5) is 23.8 Å². The van der Waals surface area contributed by atoms with Gasteiger partial charge in [0.1, 0.15) is 22.1 Å². The minimum atomic E-state index is -9.80. The second-order valence-electron chi connectivity index (χ2n) is 9.38. The summed E-state index contributed by atoms with van der Waals surface area (Å²) in [5.41, 5.74) is 1.39. The van der Waals surface area contributed by atoms with Crippen molar-refractivity contribution in [1.82, 2.24) is 19.9 Å². The van der Waals surface area contributed by atoms with Crippen LogP contribution < -0.4 is 0 Å². The van der Waals surface area contributed by atoms with E-state index in [1.54, 1.807) is 0 Å². The lowest BCUT2D eigenvalue weighted by atomic mass is 9.88. The van der Waals surface area contributed by atoms with Gasteiger partial charge in [-0.1, -0.05) is 32.3 Å². The summed E-state index contributed by atoms with van der Waals surface area (Å²) in [6.07, 6.45) is 6.35. The lowest BCUT2D eigenvalue weighted by Gasteiger charge is -2.40. The van der Waals surface area contributed by atoms with Gasteiger partial charge in [-0.15, -0.1) is 0 Å². The van der Waals surface area contributed by atoms with Gasteiger partial charge in [0.15, 0.2) is 5.65 Å². The maximum absolute atomic E-state index is 14.9. The maximum atomic E-state index is 14.9. The summed E-state index contributed by atoms with van der Waals surface area (Å²) >= 11 is 0. The number of rotatable bonds is 4. The van der Waals surface area contributed by atoms with Crippen LogP contribution in [0.3, 0.4) is 0 Å². The van der Waals surface area contributed by atoms with E-state index in [2.05, 4.69) is 15.0 Å². The molecular formula is C23H24F6N4OS. The molecule has 3 heterocycles. The number of halogens is 6. The number of imidazole rings is 1. The van der Waals surface area contributed by atoms with Gasteiger partial charge in [-0.05, 0) is 55.9 Å². The average molecular weight is 519 g/mol. The van der Waals surface area contributed by atoms with Crippen molar-refractivity contribution >= 4 is 27.3 Å². The molecule has 2 aliphatic rings. The molecule has 1 amide bonds. The van der Waals surface area contributed by atoms with Crippen molar-refractivity contribution in [1.29, 1.82) is 0 Å². The summed E-state index contributed by atoms with van der Waals surface area (Å²) in [6.45, 7) is 0.492. The Kier molecular flexibility index (Phi) is 5.21. The fourth-order valence-electron chi connectivity index (χ4n) is 5.16. The number of carbonyl (C=O) groups is 1. The summed E-state index contributed by atoms with van der Waals surface area (Å²) in [5, 5.41) is 0. The number of likely N-dealkylation sites (tertiary alicyclic amines) is 1. The summed E-state index contributed by atoms with van der Waals surface area (Å²) < 4.78 is 79.5. The molecular weight excluding hydrogens is 494 g/mol. The van der Waals surface area contributed by atoms with Crippen LogP contribution in [-0.2, 0) is 0 Å². The first kappa shape index (κ1) is 24.0. The molecule has 1 saturated carbocycles. The van der Waals surface area contributed by atoms with Crippen LogP contribution in [0.2, 0.25) is 0 Å². The highest BCUT2D eigenvalue weighted by atomic mass is 32.5. The number of pyridine rings is 1. The largest absolute Gasteiger partial charge is 0.339 e. The Labute approximate surface area is 197 Å². The molecule has 0 atom stereocenters. The molecule has 1 N–H and O–H groups in total. The lowest BCUT2D eigenvalue weighted by Crippen LogP contribution is -2.38. The standard InChI is InChI=1S/C23H24F6N4OS/c24-18-13-30-22-20(31-21(32-22)15-3-1-2-4-15)19(18)14-9-11-33(12-10-14)23(34)16-5-7-17(8-6-16)35(25,26,27,28)29/h5-8,13-15H,1-4,9-12H2,(H,30,31,32). The number of fused-ring (bicyclic) bond motifs is 1.